The molecule has 0 aromatic carbocycles. The Kier molecular flexibility index (Phi) is 2.90. The highest BCUT2D eigenvalue weighted by molar-refractivity contribution is 7.80. The van der Waals surface area contributed by atoms with Crippen molar-refractivity contribution in [3.8, 4) is 0 Å². The summed E-state index contributed by atoms with van der Waals surface area (Å²) in [5, 5.41) is 20.9. The van der Waals surface area contributed by atoms with Crippen molar-refractivity contribution >= 4 is 35.3 Å². The van der Waals surface area contributed by atoms with Gasteiger partial charge in [0.15, 0.2) is 11.2 Å². The number of fused-ring (bicyclic) bond motifs is 3. The number of aromatic nitrogens is 5. The smallest absolute Gasteiger partial charge is 0.327 e. The van der Waals surface area contributed by atoms with Gasteiger partial charge in [0, 0.05) is 18.0 Å². The van der Waals surface area contributed by atoms with Crippen molar-refractivity contribution in [1.82, 2.24) is 24.4 Å². The maximum absolute atomic E-state index is 12.3. The summed E-state index contributed by atoms with van der Waals surface area (Å²) in [6.45, 7) is 0. The zero-order valence-electron chi connectivity index (χ0n) is 10.0. The van der Waals surface area contributed by atoms with E-state index in [9.17, 15) is 9.59 Å². The van der Waals surface area contributed by atoms with Gasteiger partial charge in [0.1, 0.15) is 11.6 Å². The van der Waals surface area contributed by atoms with Gasteiger partial charge in [0.05, 0.1) is 6.20 Å². The molecule has 3 heterocycles. The van der Waals surface area contributed by atoms with Gasteiger partial charge in [0.25, 0.3) is 5.56 Å². The quantitative estimate of drug-likeness (QED) is 0.658. The van der Waals surface area contributed by atoms with Gasteiger partial charge in [-0.1, -0.05) is 0 Å². The largest absolute Gasteiger partial charge is 0.480 e. The van der Waals surface area contributed by atoms with E-state index in [4.69, 9.17) is 5.11 Å². The number of hydrogen-bond acceptors (Lipinski definition) is 6. The first-order valence-electron chi connectivity index (χ1n) is 5.68. The fraction of sp³-hybridized carbons (Fsp3) is 0.182. The molecule has 0 aliphatic carbocycles. The third kappa shape index (κ3) is 1.74. The van der Waals surface area contributed by atoms with E-state index in [1.807, 2.05) is 0 Å². The average Bonchev–Trinajstić information content (AvgIpc) is 2.90. The summed E-state index contributed by atoms with van der Waals surface area (Å²) >= 11 is 3.96. The van der Waals surface area contributed by atoms with Crippen molar-refractivity contribution in [2.75, 3.05) is 5.75 Å². The van der Waals surface area contributed by atoms with Gasteiger partial charge in [-0.2, -0.15) is 17.7 Å². The Hall–Kier alpha value is -2.42. The maximum Gasteiger partial charge on any atom is 0.327 e. The van der Waals surface area contributed by atoms with Crippen LogP contribution in [0.15, 0.2) is 29.3 Å². The van der Waals surface area contributed by atoms with Crippen molar-refractivity contribution in [2.45, 2.75) is 6.04 Å². The molecule has 3 aromatic heterocycles. The lowest BCUT2D eigenvalue weighted by Gasteiger charge is -2.13. The second kappa shape index (κ2) is 4.60. The van der Waals surface area contributed by atoms with Crippen LogP contribution in [-0.4, -0.2) is 41.2 Å². The van der Waals surface area contributed by atoms with Gasteiger partial charge < -0.3 is 5.11 Å². The second-order valence-electron chi connectivity index (χ2n) is 4.10. The molecule has 0 aliphatic heterocycles. The topological polar surface area (TPSA) is 102 Å². The molecular weight excluding hydrogens is 282 g/mol. The highest BCUT2D eigenvalue weighted by Gasteiger charge is 2.20. The first-order chi connectivity index (χ1) is 9.63. The van der Waals surface area contributed by atoms with E-state index in [0.717, 1.165) is 4.57 Å². The summed E-state index contributed by atoms with van der Waals surface area (Å²) in [4.78, 5) is 23.4. The number of carboxylic acid groups (broad SMARTS) is 1. The Balaban J connectivity index is 2.33. The predicted octanol–water partition coefficient (Wildman–Crippen LogP) is -0.00530. The molecule has 0 unspecified atom stereocenters. The molecule has 0 bridgehead atoms. The summed E-state index contributed by atoms with van der Waals surface area (Å²) in [7, 11) is 0. The second-order valence-corrected chi connectivity index (χ2v) is 4.46. The molecule has 102 valence electrons. The Morgan fingerprint density at radius 3 is 2.90 bits per heavy atom. The van der Waals surface area contributed by atoms with Gasteiger partial charge in [0.2, 0.25) is 0 Å². The molecular formula is C11H9N5O3S. The fourth-order valence-electron chi connectivity index (χ4n) is 1.98. The molecule has 0 saturated heterocycles. The first kappa shape index (κ1) is 12.6. The van der Waals surface area contributed by atoms with Crippen molar-refractivity contribution in [3.05, 3.63) is 34.9 Å². The summed E-state index contributed by atoms with van der Waals surface area (Å²) in [5.74, 6) is -1.13. The highest BCUT2D eigenvalue weighted by atomic mass is 32.1. The zero-order chi connectivity index (χ0) is 14.3. The van der Waals surface area contributed by atoms with E-state index < -0.39 is 17.6 Å². The van der Waals surface area contributed by atoms with Crippen LogP contribution in [0.5, 0.6) is 0 Å². The molecule has 20 heavy (non-hydrogen) atoms. The van der Waals surface area contributed by atoms with Gasteiger partial charge in [-0.3, -0.25) is 9.36 Å². The molecule has 3 aromatic rings. The number of carbonyl (C=O) groups is 1. The Morgan fingerprint density at radius 1 is 1.40 bits per heavy atom. The van der Waals surface area contributed by atoms with Crippen LogP contribution in [-0.2, 0) is 4.79 Å². The SMILES string of the molecule is O=C(O)[C@@H](CS)n1ccc2c(nnc3ccnn32)c1=O. The summed E-state index contributed by atoms with van der Waals surface area (Å²) in [6, 6.07) is 2.20. The average molecular weight is 291 g/mol. The lowest BCUT2D eigenvalue weighted by Crippen LogP contribution is -2.31. The molecule has 0 amide bonds. The van der Waals surface area contributed by atoms with Crippen LogP contribution in [0.25, 0.3) is 16.7 Å². The highest BCUT2D eigenvalue weighted by Crippen LogP contribution is 2.11. The van der Waals surface area contributed by atoms with E-state index in [-0.39, 0.29) is 11.3 Å². The monoisotopic (exact) mass is 291 g/mol. The standard InChI is InChI=1S/C11H9N5O3S/c17-10-9-6(16-8(13-14-9)1-3-12-16)2-4-15(10)7(5-20)11(18)19/h1-4,7,20H,5H2,(H,18,19)/t7-/m1/s1. The van der Waals surface area contributed by atoms with E-state index >= 15 is 0 Å². The molecule has 9 heteroatoms. The van der Waals surface area contributed by atoms with Crippen molar-refractivity contribution in [3.63, 3.8) is 0 Å². The molecule has 1 N–H and O–H groups in total. The van der Waals surface area contributed by atoms with Crippen molar-refractivity contribution in [2.24, 2.45) is 0 Å². The van der Waals surface area contributed by atoms with Crippen molar-refractivity contribution < 1.29 is 9.90 Å². The van der Waals surface area contributed by atoms with Crippen LogP contribution in [0.1, 0.15) is 6.04 Å². The van der Waals surface area contributed by atoms with Crippen LogP contribution in [0.3, 0.4) is 0 Å². The summed E-state index contributed by atoms with van der Waals surface area (Å²) in [6.07, 6.45) is 2.95. The summed E-state index contributed by atoms with van der Waals surface area (Å²) in [5.41, 5.74) is 0.522. The molecule has 0 radical (unpaired) electrons. The van der Waals surface area contributed by atoms with Gasteiger partial charge in [-0.25, -0.2) is 9.31 Å². The van der Waals surface area contributed by atoms with E-state index in [1.165, 1.54) is 10.7 Å². The van der Waals surface area contributed by atoms with Gasteiger partial charge in [-0.05, 0) is 6.07 Å². The summed E-state index contributed by atoms with van der Waals surface area (Å²) < 4.78 is 2.56. The molecule has 0 aliphatic rings. The number of rotatable bonds is 3. The minimum atomic E-state index is -1.13. The first-order valence-corrected chi connectivity index (χ1v) is 6.31. The Morgan fingerprint density at radius 2 is 2.20 bits per heavy atom. The third-order valence-electron chi connectivity index (χ3n) is 2.97. The minimum Gasteiger partial charge on any atom is -0.480 e. The minimum absolute atomic E-state index is 0.00180. The lowest BCUT2D eigenvalue weighted by molar-refractivity contribution is -0.140. The maximum atomic E-state index is 12.3. The number of carboxylic acids is 1. The molecule has 3 rings (SSSR count). The molecule has 0 fully saturated rings. The normalized spacial score (nSPS) is 12.8. The number of nitrogens with zero attached hydrogens (tertiary/aromatic N) is 5. The van der Waals surface area contributed by atoms with Crippen LogP contribution < -0.4 is 5.56 Å². The molecule has 0 spiro atoms. The Bertz CT molecular complexity index is 871. The third-order valence-corrected chi connectivity index (χ3v) is 3.32. The predicted molar refractivity (Wildman–Crippen MR) is 73.1 cm³/mol. The van der Waals surface area contributed by atoms with Gasteiger partial charge in [-0.15, -0.1) is 10.2 Å². The van der Waals surface area contributed by atoms with E-state index in [0.29, 0.717) is 11.2 Å². The number of hydrogen-bond donors (Lipinski definition) is 2. The number of aliphatic carboxylic acids is 1. The fourth-order valence-corrected chi connectivity index (χ4v) is 2.32. The van der Waals surface area contributed by atoms with Crippen LogP contribution in [0.2, 0.25) is 0 Å². The van der Waals surface area contributed by atoms with Crippen LogP contribution >= 0.6 is 12.6 Å². The number of thiol groups is 1. The lowest BCUT2D eigenvalue weighted by atomic mass is 10.3. The van der Waals surface area contributed by atoms with Gasteiger partial charge >= 0.3 is 5.97 Å². The molecule has 8 nitrogen and oxygen atoms in total. The number of pyridine rings is 1. The van der Waals surface area contributed by atoms with E-state index in [1.54, 1.807) is 18.3 Å². The van der Waals surface area contributed by atoms with Crippen LogP contribution in [0, 0.1) is 0 Å². The van der Waals surface area contributed by atoms with Crippen molar-refractivity contribution in [1.29, 1.82) is 0 Å². The zero-order valence-corrected chi connectivity index (χ0v) is 10.9. The van der Waals surface area contributed by atoms with Crippen LogP contribution in [0.4, 0.5) is 0 Å². The van der Waals surface area contributed by atoms with E-state index in [2.05, 4.69) is 27.9 Å². The molecule has 1 atom stereocenters. The molecule has 0 saturated carbocycles. The Labute approximate surface area is 117 Å².